The van der Waals surface area contributed by atoms with Gasteiger partial charge in [-0.3, -0.25) is 9.10 Å². The van der Waals surface area contributed by atoms with Crippen molar-refractivity contribution in [2.45, 2.75) is 13.5 Å². The van der Waals surface area contributed by atoms with Gasteiger partial charge in [-0.15, -0.1) is 0 Å². The summed E-state index contributed by atoms with van der Waals surface area (Å²) in [5.74, 6) is 0.268. The molecule has 0 aliphatic heterocycles. The number of carbonyl (C=O) groups is 1. The number of carbonyl (C=O) groups excluding carboxylic acids is 1. The van der Waals surface area contributed by atoms with Crippen molar-refractivity contribution in [2.24, 2.45) is 0 Å². The summed E-state index contributed by atoms with van der Waals surface area (Å²) in [6.45, 7) is 2.54. The maximum absolute atomic E-state index is 12.8. The van der Waals surface area contributed by atoms with Crippen molar-refractivity contribution in [1.29, 1.82) is 0 Å². The van der Waals surface area contributed by atoms with Crippen LogP contribution in [0, 0.1) is 0 Å². The lowest BCUT2D eigenvalue weighted by molar-refractivity contribution is -0.129. The van der Waals surface area contributed by atoms with Gasteiger partial charge in [0.2, 0.25) is 15.9 Å². The first-order chi connectivity index (χ1) is 12.3. The number of hydrogen-bond donors (Lipinski definition) is 0. The summed E-state index contributed by atoms with van der Waals surface area (Å²) in [6, 6.07) is 16.3. The van der Waals surface area contributed by atoms with E-state index in [9.17, 15) is 13.2 Å². The van der Waals surface area contributed by atoms with E-state index in [0.29, 0.717) is 24.5 Å². The van der Waals surface area contributed by atoms with Crippen LogP contribution in [0.15, 0.2) is 54.6 Å². The number of nitrogens with zero attached hydrogens (tertiary/aromatic N) is 2. The molecule has 2 aromatic carbocycles. The molecule has 7 heteroatoms. The standard InChI is InChI=1S/C19H24N2O4S/c1-4-20(14-16-9-6-5-7-10-16)19(22)15-21(26(3,23)24)17-11-8-12-18(13-17)25-2/h5-13H,4,14-15H2,1-3H3. The Bertz CT molecular complexity index is 838. The molecule has 6 nitrogen and oxygen atoms in total. The highest BCUT2D eigenvalue weighted by molar-refractivity contribution is 7.92. The molecule has 0 spiro atoms. The first-order valence-corrected chi connectivity index (χ1v) is 10.1. The van der Waals surface area contributed by atoms with Gasteiger partial charge in [0.25, 0.3) is 0 Å². The van der Waals surface area contributed by atoms with Crippen molar-refractivity contribution >= 4 is 21.6 Å². The molecule has 140 valence electrons. The zero-order valence-electron chi connectivity index (χ0n) is 15.3. The van der Waals surface area contributed by atoms with Gasteiger partial charge >= 0.3 is 0 Å². The first kappa shape index (κ1) is 19.8. The van der Waals surface area contributed by atoms with Crippen molar-refractivity contribution in [2.75, 3.05) is 30.8 Å². The molecule has 0 saturated carbocycles. The Balaban J connectivity index is 2.22. The van der Waals surface area contributed by atoms with Crippen molar-refractivity contribution < 1.29 is 17.9 Å². The number of anilines is 1. The minimum Gasteiger partial charge on any atom is -0.497 e. The molecule has 0 atom stereocenters. The van der Waals surface area contributed by atoms with Gasteiger partial charge in [-0.05, 0) is 24.6 Å². The highest BCUT2D eigenvalue weighted by Gasteiger charge is 2.24. The minimum absolute atomic E-state index is 0.257. The van der Waals surface area contributed by atoms with E-state index >= 15 is 0 Å². The van der Waals surface area contributed by atoms with E-state index in [-0.39, 0.29) is 12.5 Å². The summed E-state index contributed by atoms with van der Waals surface area (Å²) in [5.41, 5.74) is 1.39. The Morgan fingerprint density at radius 1 is 1.08 bits per heavy atom. The highest BCUT2D eigenvalue weighted by atomic mass is 32.2. The molecule has 0 fully saturated rings. The molecule has 1 amide bonds. The van der Waals surface area contributed by atoms with Gasteiger partial charge in [-0.1, -0.05) is 36.4 Å². The van der Waals surface area contributed by atoms with E-state index in [2.05, 4.69) is 0 Å². The predicted octanol–water partition coefficient (Wildman–Crippen LogP) is 2.51. The van der Waals surface area contributed by atoms with Crippen LogP contribution >= 0.6 is 0 Å². The normalized spacial score (nSPS) is 11.0. The molecule has 0 heterocycles. The number of methoxy groups -OCH3 is 1. The molecule has 0 radical (unpaired) electrons. The number of benzene rings is 2. The molecular weight excluding hydrogens is 352 g/mol. The van der Waals surface area contributed by atoms with Crippen LogP contribution in [0.4, 0.5) is 5.69 Å². The second-order valence-electron chi connectivity index (χ2n) is 5.86. The second kappa shape index (κ2) is 8.71. The van der Waals surface area contributed by atoms with Crippen LogP contribution in [0.1, 0.15) is 12.5 Å². The number of ether oxygens (including phenoxy) is 1. The zero-order valence-corrected chi connectivity index (χ0v) is 16.1. The van der Waals surface area contributed by atoms with Gasteiger partial charge in [-0.25, -0.2) is 8.42 Å². The number of rotatable bonds is 8. The fourth-order valence-electron chi connectivity index (χ4n) is 2.57. The molecule has 0 aliphatic carbocycles. The van der Waals surface area contributed by atoms with Gasteiger partial charge in [0.05, 0.1) is 19.1 Å². The van der Waals surface area contributed by atoms with E-state index in [1.807, 2.05) is 37.3 Å². The maximum Gasteiger partial charge on any atom is 0.243 e. The van der Waals surface area contributed by atoms with Gasteiger partial charge in [0.15, 0.2) is 0 Å². The number of amides is 1. The van der Waals surface area contributed by atoms with Crippen molar-refractivity contribution in [3.8, 4) is 5.75 Å². The Morgan fingerprint density at radius 2 is 1.77 bits per heavy atom. The smallest absolute Gasteiger partial charge is 0.243 e. The molecule has 26 heavy (non-hydrogen) atoms. The quantitative estimate of drug-likeness (QED) is 0.710. The summed E-state index contributed by atoms with van der Waals surface area (Å²) >= 11 is 0. The van der Waals surface area contributed by atoms with Crippen molar-refractivity contribution in [3.63, 3.8) is 0 Å². The lowest BCUT2D eigenvalue weighted by Crippen LogP contribution is -2.42. The molecule has 2 rings (SSSR count). The summed E-state index contributed by atoms with van der Waals surface area (Å²) in [6.07, 6.45) is 1.09. The van der Waals surface area contributed by atoms with Gasteiger partial charge < -0.3 is 9.64 Å². The summed E-state index contributed by atoms with van der Waals surface area (Å²) < 4.78 is 30.8. The van der Waals surface area contributed by atoms with E-state index < -0.39 is 10.0 Å². The highest BCUT2D eigenvalue weighted by Crippen LogP contribution is 2.23. The zero-order chi connectivity index (χ0) is 19.2. The van der Waals surface area contributed by atoms with Crippen molar-refractivity contribution in [1.82, 2.24) is 4.90 Å². The summed E-state index contributed by atoms with van der Waals surface area (Å²) in [7, 11) is -2.11. The van der Waals surface area contributed by atoms with Gasteiger partial charge in [0.1, 0.15) is 12.3 Å². The van der Waals surface area contributed by atoms with Crippen LogP contribution in [0.5, 0.6) is 5.75 Å². The largest absolute Gasteiger partial charge is 0.497 e. The predicted molar refractivity (Wildman–Crippen MR) is 103 cm³/mol. The molecule has 0 bridgehead atoms. The third kappa shape index (κ3) is 5.23. The fourth-order valence-corrected chi connectivity index (χ4v) is 3.41. The molecule has 2 aromatic rings. The second-order valence-corrected chi connectivity index (χ2v) is 7.77. The molecule has 0 aromatic heterocycles. The van der Waals surface area contributed by atoms with E-state index in [1.165, 1.54) is 7.11 Å². The number of likely N-dealkylation sites (N-methyl/N-ethyl adjacent to an activating group) is 1. The Labute approximate surface area is 155 Å². The fraction of sp³-hybridized carbons (Fsp3) is 0.316. The topological polar surface area (TPSA) is 66.9 Å². The molecule has 0 aliphatic rings. The summed E-state index contributed by atoms with van der Waals surface area (Å²) in [5, 5.41) is 0. The van der Waals surface area contributed by atoms with Crippen LogP contribution < -0.4 is 9.04 Å². The van der Waals surface area contributed by atoms with Crippen LogP contribution in [0.3, 0.4) is 0 Å². The average Bonchev–Trinajstić information content (AvgIpc) is 2.63. The Hall–Kier alpha value is -2.54. The van der Waals surface area contributed by atoms with E-state index in [1.54, 1.807) is 29.2 Å². The number of sulfonamides is 1. The number of hydrogen-bond acceptors (Lipinski definition) is 4. The first-order valence-electron chi connectivity index (χ1n) is 8.28. The lowest BCUT2D eigenvalue weighted by atomic mass is 10.2. The van der Waals surface area contributed by atoms with Gasteiger partial charge in [-0.2, -0.15) is 0 Å². The van der Waals surface area contributed by atoms with Crippen LogP contribution in [0.2, 0.25) is 0 Å². The maximum atomic E-state index is 12.8. The minimum atomic E-state index is -3.62. The van der Waals surface area contributed by atoms with Crippen LogP contribution in [-0.4, -0.2) is 45.7 Å². The SMILES string of the molecule is CCN(Cc1ccccc1)C(=O)CN(c1cccc(OC)c1)S(C)(=O)=O. The van der Waals surface area contributed by atoms with Crippen LogP contribution in [0.25, 0.3) is 0 Å². The molecule has 0 N–H and O–H groups in total. The van der Waals surface area contributed by atoms with Gasteiger partial charge in [0, 0.05) is 19.2 Å². The average molecular weight is 376 g/mol. The Kier molecular flexibility index (Phi) is 6.63. The third-order valence-corrected chi connectivity index (χ3v) is 5.11. The Morgan fingerprint density at radius 3 is 2.35 bits per heavy atom. The lowest BCUT2D eigenvalue weighted by Gasteiger charge is -2.27. The summed E-state index contributed by atoms with van der Waals surface area (Å²) in [4.78, 5) is 14.4. The van der Waals surface area contributed by atoms with Crippen molar-refractivity contribution in [3.05, 3.63) is 60.2 Å². The molecule has 0 saturated heterocycles. The third-order valence-electron chi connectivity index (χ3n) is 3.97. The van der Waals surface area contributed by atoms with Crippen LogP contribution in [-0.2, 0) is 21.4 Å². The monoisotopic (exact) mass is 376 g/mol. The van der Waals surface area contributed by atoms with E-state index in [4.69, 9.17) is 4.74 Å². The molecular formula is C19H24N2O4S. The van der Waals surface area contributed by atoms with E-state index in [0.717, 1.165) is 16.1 Å². The molecule has 0 unspecified atom stereocenters.